The Bertz CT molecular complexity index is 433. The van der Waals surface area contributed by atoms with Crippen LogP contribution in [0.25, 0.3) is 0 Å². The van der Waals surface area contributed by atoms with Crippen molar-refractivity contribution < 1.29 is 4.79 Å². The van der Waals surface area contributed by atoms with E-state index < -0.39 is 0 Å². The third-order valence-corrected chi connectivity index (χ3v) is 3.95. The van der Waals surface area contributed by atoms with Gasteiger partial charge >= 0.3 is 0 Å². The van der Waals surface area contributed by atoms with Crippen molar-refractivity contribution in [2.24, 2.45) is 5.84 Å². The van der Waals surface area contributed by atoms with Crippen LogP contribution in [0.2, 0.25) is 0 Å². The topological polar surface area (TPSA) is 58.4 Å². The number of hydrogen-bond donors (Lipinski definition) is 2. The second-order valence-electron chi connectivity index (χ2n) is 5.45. The number of hydrazine groups is 1. The Kier molecular flexibility index (Phi) is 5.87. The highest BCUT2D eigenvalue weighted by Gasteiger charge is 2.13. The van der Waals surface area contributed by atoms with Crippen LogP contribution < -0.4 is 16.2 Å². The Morgan fingerprint density at radius 3 is 2.90 bits per heavy atom. The molecule has 1 aliphatic rings. The average Bonchev–Trinajstić information content (AvgIpc) is 2.69. The second kappa shape index (κ2) is 7.90. The fourth-order valence-corrected chi connectivity index (χ4v) is 2.84. The van der Waals surface area contributed by atoms with Gasteiger partial charge in [-0.25, -0.2) is 5.84 Å². The third-order valence-electron chi connectivity index (χ3n) is 3.95. The van der Waals surface area contributed by atoms with E-state index in [1.54, 1.807) is 0 Å². The number of rotatable bonds is 6. The van der Waals surface area contributed by atoms with E-state index in [-0.39, 0.29) is 5.91 Å². The molecule has 0 spiro atoms. The molecule has 0 unspecified atom stereocenters. The normalized spacial score (nSPS) is 14.6. The molecule has 0 atom stereocenters. The van der Waals surface area contributed by atoms with Crippen molar-refractivity contribution >= 4 is 11.6 Å². The largest absolute Gasteiger partial charge is 0.371 e. The van der Waals surface area contributed by atoms with Gasteiger partial charge in [-0.3, -0.25) is 10.2 Å². The molecule has 0 saturated heterocycles. The third kappa shape index (κ3) is 4.23. The molecule has 1 amide bonds. The molecular weight excluding hydrogens is 250 g/mol. The molecule has 0 radical (unpaired) electrons. The molecule has 1 heterocycles. The van der Waals surface area contributed by atoms with Gasteiger partial charge in [0.15, 0.2) is 0 Å². The minimum absolute atomic E-state index is 0.0647. The van der Waals surface area contributed by atoms with Crippen molar-refractivity contribution in [1.29, 1.82) is 0 Å². The van der Waals surface area contributed by atoms with Crippen LogP contribution in [0.15, 0.2) is 24.3 Å². The molecule has 110 valence electrons. The lowest BCUT2D eigenvalue weighted by atomic mass is 10.1. The number of carbonyl (C=O) groups excluding carboxylic acids is 1. The Morgan fingerprint density at radius 2 is 2.05 bits per heavy atom. The number of nitrogens with two attached hydrogens (primary N) is 1. The van der Waals surface area contributed by atoms with E-state index in [1.807, 2.05) is 0 Å². The van der Waals surface area contributed by atoms with Gasteiger partial charge in [0.1, 0.15) is 0 Å². The number of fused-ring (bicyclic) bond motifs is 1. The summed E-state index contributed by atoms with van der Waals surface area (Å²) in [5, 5.41) is 0. The van der Waals surface area contributed by atoms with Crippen molar-refractivity contribution in [3.05, 3.63) is 29.8 Å². The number of unbranched alkanes of at least 4 members (excludes halogenated alkanes) is 2. The van der Waals surface area contributed by atoms with Gasteiger partial charge < -0.3 is 4.90 Å². The molecule has 4 nitrogen and oxygen atoms in total. The van der Waals surface area contributed by atoms with E-state index in [4.69, 9.17) is 5.84 Å². The number of carbonyl (C=O) groups is 1. The number of hydrogen-bond acceptors (Lipinski definition) is 3. The first kappa shape index (κ1) is 14.9. The highest BCUT2D eigenvalue weighted by Crippen LogP contribution is 2.26. The Hall–Kier alpha value is -1.55. The number of benzene rings is 1. The van der Waals surface area contributed by atoms with Crippen molar-refractivity contribution in [2.45, 2.75) is 44.9 Å². The first-order chi connectivity index (χ1) is 9.81. The number of para-hydroxylation sites is 1. The fourth-order valence-electron chi connectivity index (χ4n) is 2.84. The quantitative estimate of drug-likeness (QED) is 0.363. The van der Waals surface area contributed by atoms with Crippen molar-refractivity contribution in [3.8, 4) is 0 Å². The highest BCUT2D eigenvalue weighted by molar-refractivity contribution is 5.75. The lowest BCUT2D eigenvalue weighted by Gasteiger charge is -2.24. The first-order valence-electron chi connectivity index (χ1n) is 7.63. The summed E-state index contributed by atoms with van der Waals surface area (Å²) < 4.78 is 0. The maximum atomic E-state index is 11.0. The van der Waals surface area contributed by atoms with E-state index >= 15 is 0 Å². The summed E-state index contributed by atoms with van der Waals surface area (Å²) in [6, 6.07) is 8.75. The van der Waals surface area contributed by atoms with Crippen LogP contribution in [0.1, 0.15) is 44.1 Å². The molecule has 0 fully saturated rings. The number of aryl methyl sites for hydroxylation is 1. The molecule has 0 aromatic heterocycles. The van der Waals surface area contributed by atoms with Crippen LogP contribution in [0.3, 0.4) is 0 Å². The van der Waals surface area contributed by atoms with Crippen LogP contribution in [0.4, 0.5) is 5.69 Å². The first-order valence-corrected chi connectivity index (χ1v) is 7.63. The monoisotopic (exact) mass is 275 g/mol. The van der Waals surface area contributed by atoms with E-state index in [1.165, 1.54) is 30.5 Å². The standard InChI is InChI=1S/C16H25N3O/c17-18-16(20)11-2-1-6-12-19-13-7-5-9-14-8-3-4-10-15(14)19/h3-4,8,10H,1-2,5-7,9,11-13,17H2,(H,18,20). The van der Waals surface area contributed by atoms with Crippen LogP contribution in [0.5, 0.6) is 0 Å². The predicted molar refractivity (Wildman–Crippen MR) is 82.4 cm³/mol. The lowest BCUT2D eigenvalue weighted by Crippen LogP contribution is -2.29. The van der Waals surface area contributed by atoms with Crippen LogP contribution in [-0.4, -0.2) is 19.0 Å². The summed E-state index contributed by atoms with van der Waals surface area (Å²) in [5.41, 5.74) is 5.06. The van der Waals surface area contributed by atoms with Crippen LogP contribution >= 0.6 is 0 Å². The maximum absolute atomic E-state index is 11.0. The Morgan fingerprint density at radius 1 is 1.20 bits per heavy atom. The molecule has 20 heavy (non-hydrogen) atoms. The van der Waals surface area contributed by atoms with Crippen LogP contribution in [0, 0.1) is 0 Å². The molecule has 0 saturated carbocycles. The highest BCUT2D eigenvalue weighted by atomic mass is 16.2. The van der Waals surface area contributed by atoms with Gasteiger partial charge in [0.25, 0.3) is 0 Å². The van der Waals surface area contributed by atoms with Gasteiger partial charge in [-0.05, 0) is 43.7 Å². The number of amides is 1. The summed E-state index contributed by atoms with van der Waals surface area (Å²) in [5.74, 6) is 5.00. The van der Waals surface area contributed by atoms with Crippen molar-refractivity contribution in [2.75, 3.05) is 18.0 Å². The molecular formula is C16H25N3O. The SMILES string of the molecule is NNC(=O)CCCCCN1CCCCc2ccccc21. The molecule has 4 heteroatoms. The molecule has 0 bridgehead atoms. The Balaban J connectivity index is 1.79. The van der Waals surface area contributed by atoms with E-state index in [0.717, 1.165) is 32.4 Å². The second-order valence-corrected chi connectivity index (χ2v) is 5.45. The summed E-state index contributed by atoms with van der Waals surface area (Å²) in [7, 11) is 0. The van der Waals surface area contributed by atoms with Gasteiger partial charge in [-0.1, -0.05) is 24.6 Å². The zero-order valence-electron chi connectivity index (χ0n) is 12.1. The predicted octanol–water partition coefficient (Wildman–Crippen LogP) is 2.38. The molecule has 1 aliphatic heterocycles. The number of nitrogens with zero attached hydrogens (tertiary/aromatic N) is 1. The number of anilines is 1. The fraction of sp³-hybridized carbons (Fsp3) is 0.562. The minimum Gasteiger partial charge on any atom is -0.371 e. The van der Waals surface area contributed by atoms with Gasteiger partial charge in [-0.15, -0.1) is 0 Å². The Labute approximate surface area is 121 Å². The molecule has 1 aromatic rings. The zero-order chi connectivity index (χ0) is 14.2. The van der Waals surface area contributed by atoms with E-state index in [2.05, 4.69) is 34.6 Å². The van der Waals surface area contributed by atoms with Gasteiger partial charge in [0.05, 0.1) is 0 Å². The number of nitrogens with one attached hydrogen (secondary N) is 1. The van der Waals surface area contributed by atoms with Gasteiger partial charge in [0, 0.05) is 25.2 Å². The molecule has 2 rings (SSSR count). The average molecular weight is 275 g/mol. The van der Waals surface area contributed by atoms with Gasteiger partial charge in [0.2, 0.25) is 5.91 Å². The van der Waals surface area contributed by atoms with E-state index in [9.17, 15) is 4.79 Å². The molecule has 1 aromatic carbocycles. The maximum Gasteiger partial charge on any atom is 0.233 e. The smallest absolute Gasteiger partial charge is 0.233 e. The molecule has 3 N–H and O–H groups in total. The summed E-state index contributed by atoms with van der Waals surface area (Å²) in [6.07, 6.45) is 7.40. The van der Waals surface area contributed by atoms with Crippen LogP contribution in [-0.2, 0) is 11.2 Å². The van der Waals surface area contributed by atoms with Gasteiger partial charge in [-0.2, -0.15) is 0 Å². The lowest BCUT2D eigenvalue weighted by molar-refractivity contribution is -0.121. The van der Waals surface area contributed by atoms with Crippen molar-refractivity contribution in [1.82, 2.24) is 5.43 Å². The molecule has 0 aliphatic carbocycles. The zero-order valence-corrected chi connectivity index (χ0v) is 12.1. The van der Waals surface area contributed by atoms with E-state index in [0.29, 0.717) is 6.42 Å². The summed E-state index contributed by atoms with van der Waals surface area (Å²) >= 11 is 0. The minimum atomic E-state index is -0.0647. The summed E-state index contributed by atoms with van der Waals surface area (Å²) in [4.78, 5) is 13.5. The summed E-state index contributed by atoms with van der Waals surface area (Å²) in [6.45, 7) is 2.24. The van der Waals surface area contributed by atoms with Crippen molar-refractivity contribution in [3.63, 3.8) is 0 Å².